The van der Waals surface area contributed by atoms with Crippen molar-refractivity contribution in [1.82, 2.24) is 8.87 Å². The van der Waals surface area contributed by atoms with Crippen LogP contribution < -0.4 is 0 Å². The fraction of sp³-hybridized carbons (Fsp3) is 0.615. The van der Waals surface area contributed by atoms with E-state index in [9.17, 15) is 13.2 Å². The smallest absolute Gasteiger partial charge is 0.354 e. The summed E-state index contributed by atoms with van der Waals surface area (Å²) in [7, 11) is -1.92. The van der Waals surface area contributed by atoms with Gasteiger partial charge in [0.15, 0.2) is 0 Å². The average molecular weight is 302 g/mol. The second-order valence-electron chi connectivity index (χ2n) is 4.40. The number of carbonyl (C=O) groups excluding carboxylic acids is 1. The van der Waals surface area contributed by atoms with Crippen LogP contribution in [-0.2, 0) is 21.8 Å². The van der Waals surface area contributed by atoms with E-state index in [0.29, 0.717) is 19.7 Å². The fourth-order valence-electron chi connectivity index (χ4n) is 1.86. The van der Waals surface area contributed by atoms with E-state index < -0.39 is 16.0 Å². The van der Waals surface area contributed by atoms with Gasteiger partial charge in [0.1, 0.15) is 10.6 Å². The first-order valence-electron chi connectivity index (χ1n) is 6.72. The van der Waals surface area contributed by atoms with Crippen LogP contribution in [0.4, 0.5) is 0 Å². The maximum atomic E-state index is 12.4. The van der Waals surface area contributed by atoms with E-state index in [2.05, 4.69) is 0 Å². The van der Waals surface area contributed by atoms with Gasteiger partial charge in [0.05, 0.1) is 6.61 Å². The molecule has 7 heteroatoms. The normalized spacial score (nSPS) is 11.8. The highest BCUT2D eigenvalue weighted by Gasteiger charge is 2.25. The lowest BCUT2D eigenvalue weighted by Crippen LogP contribution is -2.30. The van der Waals surface area contributed by atoms with Gasteiger partial charge in [-0.05, 0) is 12.5 Å². The van der Waals surface area contributed by atoms with Gasteiger partial charge in [0, 0.05) is 26.3 Å². The van der Waals surface area contributed by atoms with E-state index in [1.807, 2.05) is 6.92 Å². The maximum Gasteiger partial charge on any atom is 0.354 e. The van der Waals surface area contributed by atoms with Crippen molar-refractivity contribution in [3.63, 3.8) is 0 Å². The van der Waals surface area contributed by atoms with E-state index in [1.165, 1.54) is 21.1 Å². The molecule has 1 aromatic heterocycles. The number of nitrogens with zero attached hydrogens (tertiary/aromatic N) is 2. The number of esters is 1. The Morgan fingerprint density at radius 1 is 1.30 bits per heavy atom. The zero-order valence-corrected chi connectivity index (χ0v) is 13.2. The van der Waals surface area contributed by atoms with Crippen molar-refractivity contribution in [2.45, 2.75) is 32.1 Å². The van der Waals surface area contributed by atoms with E-state index in [4.69, 9.17) is 4.74 Å². The lowest BCUT2D eigenvalue weighted by Gasteiger charge is -2.17. The molecule has 0 saturated heterocycles. The molecule has 0 radical (unpaired) electrons. The van der Waals surface area contributed by atoms with Crippen molar-refractivity contribution < 1.29 is 17.9 Å². The molecule has 0 spiro atoms. The molecule has 0 amide bonds. The molecule has 0 saturated carbocycles. The zero-order valence-electron chi connectivity index (χ0n) is 12.4. The molecule has 0 unspecified atom stereocenters. The molecule has 0 N–H and O–H groups in total. The summed E-state index contributed by atoms with van der Waals surface area (Å²) in [5.74, 6) is -0.504. The topological polar surface area (TPSA) is 68.6 Å². The first kappa shape index (κ1) is 16.7. The van der Waals surface area contributed by atoms with Crippen LogP contribution in [-0.4, -0.2) is 43.0 Å². The Bertz CT molecular complexity index is 559. The molecule has 1 heterocycles. The first-order chi connectivity index (χ1) is 9.38. The standard InChI is InChI=1S/C13H22N2O4S/c1-5-8-19-13(16)12-9-11(10-14(12)4)20(17,18)15(6-2)7-3/h9-10H,5-8H2,1-4H3. The zero-order chi connectivity index (χ0) is 15.3. The molecule has 0 atom stereocenters. The third kappa shape index (κ3) is 3.40. The molecule has 1 aromatic rings. The molecule has 0 aromatic carbocycles. The van der Waals surface area contributed by atoms with Crippen LogP contribution in [0, 0.1) is 0 Å². The average Bonchev–Trinajstić information content (AvgIpc) is 2.80. The minimum atomic E-state index is -3.55. The van der Waals surface area contributed by atoms with E-state index in [-0.39, 0.29) is 10.6 Å². The Labute approximate surface area is 120 Å². The largest absolute Gasteiger partial charge is 0.461 e. The van der Waals surface area contributed by atoms with Gasteiger partial charge in [-0.2, -0.15) is 4.31 Å². The molecule has 1 rings (SSSR count). The van der Waals surface area contributed by atoms with E-state index in [1.54, 1.807) is 20.9 Å². The first-order valence-corrected chi connectivity index (χ1v) is 8.16. The van der Waals surface area contributed by atoms with Crippen LogP contribution in [0.5, 0.6) is 0 Å². The van der Waals surface area contributed by atoms with Crippen LogP contribution in [0.15, 0.2) is 17.2 Å². The van der Waals surface area contributed by atoms with Gasteiger partial charge in [-0.25, -0.2) is 13.2 Å². The lowest BCUT2D eigenvalue weighted by molar-refractivity contribution is 0.0494. The van der Waals surface area contributed by atoms with Crippen LogP contribution in [0.1, 0.15) is 37.7 Å². The lowest BCUT2D eigenvalue weighted by atomic mass is 10.4. The summed E-state index contributed by atoms with van der Waals surface area (Å²) >= 11 is 0. The van der Waals surface area contributed by atoms with Gasteiger partial charge in [-0.3, -0.25) is 0 Å². The summed E-state index contributed by atoms with van der Waals surface area (Å²) in [6.45, 7) is 6.56. The number of sulfonamides is 1. The van der Waals surface area contributed by atoms with Gasteiger partial charge < -0.3 is 9.30 Å². The predicted octanol–water partition coefficient (Wildman–Crippen LogP) is 1.62. The summed E-state index contributed by atoms with van der Waals surface area (Å²) in [6, 6.07) is 1.37. The maximum absolute atomic E-state index is 12.4. The summed E-state index contributed by atoms with van der Waals surface area (Å²) in [5, 5.41) is 0. The summed E-state index contributed by atoms with van der Waals surface area (Å²) in [5.41, 5.74) is 0.240. The molecule has 0 aliphatic carbocycles. The van der Waals surface area contributed by atoms with Crippen LogP contribution in [0.3, 0.4) is 0 Å². The van der Waals surface area contributed by atoms with E-state index >= 15 is 0 Å². The van der Waals surface area contributed by atoms with Crippen molar-refractivity contribution in [2.75, 3.05) is 19.7 Å². The highest BCUT2D eigenvalue weighted by molar-refractivity contribution is 7.89. The van der Waals surface area contributed by atoms with Crippen molar-refractivity contribution in [1.29, 1.82) is 0 Å². The Balaban J connectivity index is 3.09. The fourth-order valence-corrected chi connectivity index (χ4v) is 3.39. The molecule has 0 aliphatic rings. The Morgan fingerprint density at radius 3 is 2.40 bits per heavy atom. The third-order valence-corrected chi connectivity index (χ3v) is 4.98. The second kappa shape index (κ2) is 6.90. The highest BCUT2D eigenvalue weighted by Crippen LogP contribution is 2.19. The highest BCUT2D eigenvalue weighted by atomic mass is 32.2. The Kier molecular flexibility index (Phi) is 5.76. The third-order valence-electron chi connectivity index (χ3n) is 2.97. The number of aromatic nitrogens is 1. The predicted molar refractivity (Wildman–Crippen MR) is 76.1 cm³/mol. The van der Waals surface area contributed by atoms with Crippen molar-refractivity contribution in [3.8, 4) is 0 Å². The summed E-state index contributed by atoms with van der Waals surface area (Å²) in [4.78, 5) is 11.9. The van der Waals surface area contributed by atoms with Crippen LogP contribution >= 0.6 is 0 Å². The Hall–Kier alpha value is -1.34. The quantitative estimate of drug-likeness (QED) is 0.718. The monoisotopic (exact) mass is 302 g/mol. The van der Waals surface area contributed by atoms with Gasteiger partial charge in [0.2, 0.25) is 10.0 Å². The number of hydrogen-bond donors (Lipinski definition) is 0. The number of hydrogen-bond acceptors (Lipinski definition) is 4. The molecule has 20 heavy (non-hydrogen) atoms. The van der Waals surface area contributed by atoms with E-state index in [0.717, 1.165) is 6.42 Å². The van der Waals surface area contributed by atoms with Crippen LogP contribution in [0.2, 0.25) is 0 Å². The number of carbonyl (C=O) groups is 1. The molecule has 114 valence electrons. The van der Waals surface area contributed by atoms with Crippen molar-refractivity contribution >= 4 is 16.0 Å². The number of ether oxygens (including phenoxy) is 1. The molecule has 0 fully saturated rings. The van der Waals surface area contributed by atoms with Gasteiger partial charge in [-0.15, -0.1) is 0 Å². The number of rotatable bonds is 7. The Morgan fingerprint density at radius 2 is 1.90 bits per heavy atom. The summed E-state index contributed by atoms with van der Waals surface area (Å²) < 4.78 is 32.6. The summed E-state index contributed by atoms with van der Waals surface area (Å²) in [6.07, 6.45) is 2.16. The van der Waals surface area contributed by atoms with Gasteiger partial charge in [0.25, 0.3) is 0 Å². The molecule has 0 bridgehead atoms. The minimum absolute atomic E-state index is 0.118. The minimum Gasteiger partial charge on any atom is -0.461 e. The molecular formula is C13H22N2O4S. The number of aryl methyl sites for hydroxylation is 1. The molecule has 0 aliphatic heterocycles. The van der Waals surface area contributed by atoms with Gasteiger partial charge >= 0.3 is 5.97 Å². The molecule has 6 nitrogen and oxygen atoms in total. The van der Waals surface area contributed by atoms with Crippen LogP contribution in [0.25, 0.3) is 0 Å². The second-order valence-corrected chi connectivity index (χ2v) is 6.34. The van der Waals surface area contributed by atoms with Gasteiger partial charge in [-0.1, -0.05) is 20.8 Å². The van der Waals surface area contributed by atoms with Crippen molar-refractivity contribution in [2.24, 2.45) is 7.05 Å². The van der Waals surface area contributed by atoms with Crippen molar-refractivity contribution in [3.05, 3.63) is 18.0 Å². The molecular weight excluding hydrogens is 280 g/mol. The SMILES string of the molecule is CCCOC(=O)c1cc(S(=O)(=O)N(CC)CC)cn1C.